The van der Waals surface area contributed by atoms with Gasteiger partial charge in [0.1, 0.15) is 5.69 Å². The number of anilines is 1. The summed E-state index contributed by atoms with van der Waals surface area (Å²) in [5, 5.41) is 4.23. The summed E-state index contributed by atoms with van der Waals surface area (Å²) in [6.45, 7) is 5.20. The molecule has 130 valence electrons. The van der Waals surface area contributed by atoms with Gasteiger partial charge in [-0.1, -0.05) is 37.3 Å². The predicted molar refractivity (Wildman–Crippen MR) is 94.3 cm³/mol. The molecule has 6 nitrogen and oxygen atoms in total. The Morgan fingerprint density at radius 2 is 1.83 bits per heavy atom. The summed E-state index contributed by atoms with van der Waals surface area (Å²) in [6, 6.07) is 9.55. The van der Waals surface area contributed by atoms with Gasteiger partial charge in [0.25, 0.3) is 0 Å². The van der Waals surface area contributed by atoms with E-state index in [9.17, 15) is 13.2 Å². The predicted octanol–water partition coefficient (Wildman–Crippen LogP) is 2.21. The maximum atomic E-state index is 12.9. The normalized spacial score (nSPS) is 12.9. The van der Waals surface area contributed by atoms with Gasteiger partial charge in [-0.05, 0) is 25.8 Å². The SMILES string of the molecule is Cc1nn(C)c(C)c1N(C(=O)C(C)Cc1ccccc1)S(C)(=O)=O. The molecule has 1 amide bonds. The molecule has 7 heteroatoms. The number of hydrogen-bond donors (Lipinski definition) is 0. The standard InChI is InChI=1S/C17H23N3O3S/c1-12(11-15-9-7-6-8-10-15)17(21)20(24(5,22)23)16-13(2)18-19(4)14(16)3/h6-10,12H,11H2,1-5H3. The lowest BCUT2D eigenvalue weighted by molar-refractivity contribution is -0.120. The highest BCUT2D eigenvalue weighted by Gasteiger charge is 2.33. The summed E-state index contributed by atoms with van der Waals surface area (Å²) < 4.78 is 27.1. The topological polar surface area (TPSA) is 72.3 Å². The first-order valence-electron chi connectivity index (χ1n) is 7.71. The Hall–Kier alpha value is -2.15. The third-order valence-electron chi connectivity index (χ3n) is 4.01. The number of nitrogens with zero attached hydrogens (tertiary/aromatic N) is 3. The zero-order valence-corrected chi connectivity index (χ0v) is 15.5. The van der Waals surface area contributed by atoms with Crippen LogP contribution in [0, 0.1) is 19.8 Å². The Kier molecular flexibility index (Phi) is 5.13. The van der Waals surface area contributed by atoms with Gasteiger partial charge >= 0.3 is 0 Å². The van der Waals surface area contributed by atoms with E-state index >= 15 is 0 Å². The summed E-state index contributed by atoms with van der Waals surface area (Å²) in [5.74, 6) is -0.915. The fourth-order valence-corrected chi connectivity index (χ4v) is 3.85. The first-order valence-corrected chi connectivity index (χ1v) is 9.56. The van der Waals surface area contributed by atoms with Gasteiger partial charge in [-0.3, -0.25) is 9.48 Å². The minimum absolute atomic E-state index is 0.352. The molecule has 0 aliphatic rings. The number of aryl methyl sites for hydroxylation is 2. The molecule has 0 bridgehead atoms. The largest absolute Gasteiger partial charge is 0.273 e. The molecule has 0 radical (unpaired) electrons. The zero-order valence-electron chi connectivity index (χ0n) is 14.6. The van der Waals surface area contributed by atoms with E-state index in [-0.39, 0.29) is 0 Å². The van der Waals surface area contributed by atoms with Gasteiger partial charge in [-0.25, -0.2) is 12.7 Å². The molecule has 1 heterocycles. The molecule has 0 aliphatic carbocycles. The Morgan fingerprint density at radius 3 is 2.29 bits per heavy atom. The van der Waals surface area contributed by atoms with Gasteiger partial charge in [0.15, 0.2) is 0 Å². The van der Waals surface area contributed by atoms with Gasteiger partial charge in [-0.15, -0.1) is 0 Å². The molecule has 0 aliphatic heterocycles. The van der Waals surface area contributed by atoms with Crippen molar-refractivity contribution in [3.05, 3.63) is 47.3 Å². The first-order chi connectivity index (χ1) is 11.1. The van der Waals surface area contributed by atoms with Crippen molar-refractivity contribution < 1.29 is 13.2 Å². The molecule has 24 heavy (non-hydrogen) atoms. The Balaban J connectivity index is 2.40. The van der Waals surface area contributed by atoms with Crippen LogP contribution in [0.1, 0.15) is 23.9 Å². The van der Waals surface area contributed by atoms with Crippen LogP contribution in [-0.4, -0.2) is 30.4 Å². The molecule has 0 saturated carbocycles. The molecular formula is C17H23N3O3S. The van der Waals surface area contributed by atoms with Gasteiger partial charge in [0.2, 0.25) is 15.9 Å². The summed E-state index contributed by atoms with van der Waals surface area (Å²) >= 11 is 0. The highest BCUT2D eigenvalue weighted by atomic mass is 32.2. The van der Waals surface area contributed by atoms with Crippen molar-refractivity contribution >= 4 is 21.6 Å². The van der Waals surface area contributed by atoms with Crippen LogP contribution in [0.2, 0.25) is 0 Å². The van der Waals surface area contributed by atoms with Gasteiger partial charge < -0.3 is 0 Å². The van der Waals surface area contributed by atoms with E-state index in [0.717, 1.165) is 16.1 Å². The van der Waals surface area contributed by atoms with Crippen LogP contribution >= 0.6 is 0 Å². The maximum Gasteiger partial charge on any atom is 0.244 e. The average Bonchev–Trinajstić information content (AvgIpc) is 2.73. The van der Waals surface area contributed by atoms with Gasteiger partial charge in [0.05, 0.1) is 17.6 Å². The van der Waals surface area contributed by atoms with Crippen LogP contribution < -0.4 is 4.31 Å². The molecule has 0 fully saturated rings. The van der Waals surface area contributed by atoms with Crippen LogP contribution in [-0.2, 0) is 28.3 Å². The molecule has 1 aromatic carbocycles. The van der Waals surface area contributed by atoms with Crippen LogP contribution in [0.3, 0.4) is 0 Å². The second-order valence-corrected chi connectivity index (χ2v) is 7.93. The number of carbonyl (C=O) groups is 1. The van der Waals surface area contributed by atoms with E-state index in [4.69, 9.17) is 0 Å². The molecule has 0 spiro atoms. The number of aromatic nitrogens is 2. The summed E-state index contributed by atoms with van der Waals surface area (Å²) in [4.78, 5) is 12.9. The van der Waals surface area contributed by atoms with E-state index < -0.39 is 21.8 Å². The lowest BCUT2D eigenvalue weighted by Gasteiger charge is -2.24. The average molecular weight is 349 g/mol. The van der Waals surface area contributed by atoms with Gasteiger partial charge in [0, 0.05) is 13.0 Å². The Bertz CT molecular complexity index is 841. The lowest BCUT2D eigenvalue weighted by Crippen LogP contribution is -2.40. The number of benzene rings is 1. The zero-order chi connectivity index (χ0) is 18.1. The Morgan fingerprint density at radius 1 is 1.25 bits per heavy atom. The van der Waals surface area contributed by atoms with Gasteiger partial charge in [-0.2, -0.15) is 5.10 Å². The third kappa shape index (κ3) is 3.67. The van der Waals surface area contributed by atoms with Crippen LogP contribution in [0.4, 0.5) is 5.69 Å². The van der Waals surface area contributed by atoms with E-state index in [2.05, 4.69) is 5.10 Å². The maximum absolute atomic E-state index is 12.9. The minimum atomic E-state index is -3.76. The van der Waals surface area contributed by atoms with Crippen LogP contribution in [0.15, 0.2) is 30.3 Å². The fourth-order valence-electron chi connectivity index (χ4n) is 2.75. The molecular weight excluding hydrogens is 326 g/mol. The number of carbonyl (C=O) groups excluding carboxylic acids is 1. The second kappa shape index (κ2) is 6.76. The number of sulfonamides is 1. The van der Waals surface area contributed by atoms with Crippen molar-refractivity contribution in [2.75, 3.05) is 10.6 Å². The molecule has 2 aromatic rings. The molecule has 1 atom stereocenters. The van der Waals surface area contributed by atoms with Crippen LogP contribution in [0.25, 0.3) is 0 Å². The summed E-state index contributed by atoms with van der Waals surface area (Å²) in [5.41, 5.74) is 2.50. The van der Waals surface area contributed by atoms with Crippen molar-refractivity contribution in [1.82, 2.24) is 9.78 Å². The van der Waals surface area contributed by atoms with Crippen molar-refractivity contribution in [2.45, 2.75) is 27.2 Å². The quantitative estimate of drug-likeness (QED) is 0.830. The van der Waals surface area contributed by atoms with Crippen LogP contribution in [0.5, 0.6) is 0 Å². The van der Waals surface area contributed by atoms with Crippen molar-refractivity contribution in [1.29, 1.82) is 0 Å². The minimum Gasteiger partial charge on any atom is -0.273 e. The van der Waals surface area contributed by atoms with Crippen molar-refractivity contribution in [2.24, 2.45) is 13.0 Å². The Labute approximate surface area is 143 Å². The smallest absolute Gasteiger partial charge is 0.244 e. The van der Waals surface area contributed by atoms with E-state index in [1.807, 2.05) is 30.3 Å². The number of amides is 1. The summed E-state index contributed by atoms with van der Waals surface area (Å²) in [7, 11) is -2.03. The lowest BCUT2D eigenvalue weighted by atomic mass is 10.0. The van der Waals surface area contributed by atoms with Crippen molar-refractivity contribution in [3.8, 4) is 0 Å². The number of rotatable bonds is 5. The second-order valence-electron chi connectivity index (χ2n) is 6.10. The number of hydrogen-bond acceptors (Lipinski definition) is 4. The third-order valence-corrected chi connectivity index (χ3v) is 5.04. The molecule has 2 rings (SSSR count). The first kappa shape index (κ1) is 18.2. The molecule has 0 N–H and O–H groups in total. The van der Waals surface area contributed by atoms with E-state index in [0.29, 0.717) is 23.5 Å². The monoisotopic (exact) mass is 349 g/mol. The summed E-state index contributed by atoms with van der Waals surface area (Å²) in [6.07, 6.45) is 1.52. The molecule has 1 unspecified atom stereocenters. The highest BCUT2D eigenvalue weighted by molar-refractivity contribution is 7.92. The molecule has 1 aromatic heterocycles. The molecule has 0 saturated heterocycles. The van der Waals surface area contributed by atoms with E-state index in [1.54, 1.807) is 32.5 Å². The van der Waals surface area contributed by atoms with E-state index in [1.165, 1.54) is 0 Å². The van der Waals surface area contributed by atoms with Crippen molar-refractivity contribution in [3.63, 3.8) is 0 Å². The highest BCUT2D eigenvalue weighted by Crippen LogP contribution is 2.28. The fraction of sp³-hybridized carbons (Fsp3) is 0.412.